The summed E-state index contributed by atoms with van der Waals surface area (Å²) in [6.07, 6.45) is 2.80. The Balaban J connectivity index is 1.95. The summed E-state index contributed by atoms with van der Waals surface area (Å²) in [4.78, 5) is 13.4. The van der Waals surface area contributed by atoms with Crippen molar-refractivity contribution in [2.24, 2.45) is 0 Å². The third-order valence-corrected chi connectivity index (χ3v) is 6.22. The van der Waals surface area contributed by atoms with Crippen LogP contribution in [0.25, 0.3) is 10.2 Å². The zero-order valence-electron chi connectivity index (χ0n) is 14.0. The highest BCUT2D eigenvalue weighted by Crippen LogP contribution is 2.33. The van der Waals surface area contributed by atoms with Gasteiger partial charge in [0.15, 0.2) is 9.84 Å². The molecular formula is C17H19N3O2S2. The minimum atomic E-state index is -3.18. The fourth-order valence-electron chi connectivity index (χ4n) is 2.65. The van der Waals surface area contributed by atoms with Gasteiger partial charge >= 0.3 is 0 Å². The average molecular weight is 361 g/mol. The summed E-state index contributed by atoms with van der Waals surface area (Å²) < 4.78 is 23.2. The number of rotatable bonds is 4. The lowest BCUT2D eigenvalue weighted by Crippen LogP contribution is -2.22. The van der Waals surface area contributed by atoms with E-state index in [0.717, 1.165) is 21.6 Å². The summed E-state index contributed by atoms with van der Waals surface area (Å²) in [5.41, 5.74) is 1.03. The third-order valence-electron chi connectivity index (χ3n) is 4.14. The van der Waals surface area contributed by atoms with Crippen LogP contribution in [-0.2, 0) is 9.84 Å². The molecule has 2 heterocycles. The molecule has 126 valence electrons. The summed E-state index contributed by atoms with van der Waals surface area (Å²) in [5, 5.41) is 1.04. The van der Waals surface area contributed by atoms with E-state index in [0.29, 0.717) is 4.90 Å². The molecule has 3 rings (SSSR count). The lowest BCUT2D eigenvalue weighted by molar-refractivity contribution is 0.601. The number of thiophene rings is 1. The Morgan fingerprint density at radius 2 is 1.83 bits per heavy atom. The first kappa shape index (κ1) is 16.9. The molecule has 0 fully saturated rings. The molecule has 1 unspecified atom stereocenters. The van der Waals surface area contributed by atoms with Crippen molar-refractivity contribution in [3.63, 3.8) is 0 Å². The number of aryl methyl sites for hydroxylation is 1. The molecule has 1 atom stereocenters. The number of sulfone groups is 1. The van der Waals surface area contributed by atoms with Gasteiger partial charge in [0.05, 0.1) is 16.3 Å². The lowest BCUT2D eigenvalue weighted by Gasteiger charge is -2.26. The van der Waals surface area contributed by atoms with Gasteiger partial charge in [-0.25, -0.2) is 18.4 Å². The Hall–Kier alpha value is -1.99. The van der Waals surface area contributed by atoms with Gasteiger partial charge in [0.2, 0.25) is 0 Å². The van der Waals surface area contributed by atoms with Crippen LogP contribution in [0.1, 0.15) is 23.4 Å². The molecule has 0 aliphatic rings. The third kappa shape index (κ3) is 3.14. The van der Waals surface area contributed by atoms with Crippen molar-refractivity contribution in [3.8, 4) is 0 Å². The molecule has 3 aromatic rings. The second kappa shape index (κ2) is 6.14. The van der Waals surface area contributed by atoms with Gasteiger partial charge in [-0.2, -0.15) is 0 Å². The maximum Gasteiger partial charge on any atom is 0.175 e. The maximum absolute atomic E-state index is 11.6. The fourth-order valence-corrected chi connectivity index (χ4v) is 4.12. The Morgan fingerprint density at radius 1 is 1.17 bits per heavy atom. The van der Waals surface area contributed by atoms with Crippen molar-refractivity contribution < 1.29 is 8.42 Å². The molecule has 5 nitrogen and oxygen atoms in total. The van der Waals surface area contributed by atoms with Crippen molar-refractivity contribution in [1.82, 2.24) is 9.97 Å². The minimum absolute atomic E-state index is 0.0527. The second-order valence-electron chi connectivity index (χ2n) is 5.90. The van der Waals surface area contributed by atoms with E-state index in [1.165, 1.54) is 11.1 Å². The highest BCUT2D eigenvalue weighted by Gasteiger charge is 2.18. The maximum atomic E-state index is 11.6. The van der Waals surface area contributed by atoms with Gasteiger partial charge in [-0.15, -0.1) is 11.3 Å². The summed E-state index contributed by atoms with van der Waals surface area (Å²) >= 11 is 1.65. The molecule has 0 aliphatic heterocycles. The largest absolute Gasteiger partial charge is 0.352 e. The van der Waals surface area contributed by atoms with Gasteiger partial charge in [-0.1, -0.05) is 12.1 Å². The van der Waals surface area contributed by atoms with Gasteiger partial charge < -0.3 is 4.90 Å². The monoisotopic (exact) mass is 361 g/mol. The average Bonchev–Trinajstić information content (AvgIpc) is 2.93. The standard InChI is InChI=1S/C17H19N3O2S2/c1-11-9-15-16(18-10-19-17(15)23-11)20(3)12(2)13-5-7-14(8-6-13)24(4,21)22/h5-10,12H,1-4H3. The van der Waals surface area contributed by atoms with Gasteiger partial charge in [-0.3, -0.25) is 0 Å². The first-order valence-electron chi connectivity index (χ1n) is 7.51. The number of benzene rings is 1. The Morgan fingerprint density at radius 3 is 2.46 bits per heavy atom. The number of aromatic nitrogens is 2. The van der Waals surface area contributed by atoms with E-state index in [9.17, 15) is 8.42 Å². The van der Waals surface area contributed by atoms with Gasteiger partial charge in [0, 0.05) is 18.2 Å². The quantitative estimate of drug-likeness (QED) is 0.710. The first-order valence-corrected chi connectivity index (χ1v) is 10.2. The minimum Gasteiger partial charge on any atom is -0.352 e. The van der Waals surface area contributed by atoms with E-state index in [1.54, 1.807) is 29.8 Å². The zero-order valence-corrected chi connectivity index (χ0v) is 15.6. The van der Waals surface area contributed by atoms with Crippen molar-refractivity contribution in [1.29, 1.82) is 0 Å². The lowest BCUT2D eigenvalue weighted by atomic mass is 10.1. The van der Waals surface area contributed by atoms with Crippen LogP contribution in [0, 0.1) is 6.92 Å². The summed E-state index contributed by atoms with van der Waals surface area (Å²) in [6.45, 7) is 4.13. The van der Waals surface area contributed by atoms with Crippen LogP contribution in [0.15, 0.2) is 41.6 Å². The first-order chi connectivity index (χ1) is 11.3. The smallest absolute Gasteiger partial charge is 0.175 e. The van der Waals surface area contributed by atoms with Gasteiger partial charge in [-0.05, 0) is 37.6 Å². The SMILES string of the molecule is Cc1cc2c(N(C)C(C)c3ccc(S(C)(=O)=O)cc3)ncnc2s1. The Kier molecular flexibility index (Phi) is 4.31. The molecule has 1 aromatic carbocycles. The number of hydrogen-bond acceptors (Lipinski definition) is 6. The van der Waals surface area contributed by atoms with E-state index >= 15 is 0 Å². The van der Waals surface area contributed by atoms with Gasteiger partial charge in [0.25, 0.3) is 0 Å². The molecule has 0 radical (unpaired) electrons. The van der Waals surface area contributed by atoms with Crippen LogP contribution in [0.3, 0.4) is 0 Å². The molecular weight excluding hydrogens is 342 g/mol. The van der Waals surface area contributed by atoms with Crippen LogP contribution < -0.4 is 4.90 Å². The summed E-state index contributed by atoms with van der Waals surface area (Å²) in [7, 11) is -1.19. The molecule has 2 aromatic heterocycles. The van der Waals surface area contributed by atoms with Crippen LogP contribution >= 0.6 is 11.3 Å². The molecule has 24 heavy (non-hydrogen) atoms. The van der Waals surface area contributed by atoms with Crippen LogP contribution in [0.4, 0.5) is 5.82 Å². The highest BCUT2D eigenvalue weighted by atomic mass is 32.2. The predicted octanol–water partition coefficient (Wildman–Crippen LogP) is 3.60. The van der Waals surface area contributed by atoms with E-state index in [4.69, 9.17) is 0 Å². The van der Waals surface area contributed by atoms with Crippen molar-refractivity contribution in [3.05, 3.63) is 47.1 Å². The normalized spacial score (nSPS) is 13.2. The Bertz CT molecular complexity index is 979. The number of nitrogens with zero attached hydrogens (tertiary/aromatic N) is 3. The molecule has 0 spiro atoms. The van der Waals surface area contributed by atoms with E-state index < -0.39 is 9.84 Å². The van der Waals surface area contributed by atoms with Crippen LogP contribution in [0.5, 0.6) is 0 Å². The molecule has 0 bridgehead atoms. The second-order valence-corrected chi connectivity index (χ2v) is 9.15. The predicted molar refractivity (Wildman–Crippen MR) is 98.5 cm³/mol. The molecule has 0 aliphatic carbocycles. The van der Waals surface area contributed by atoms with Crippen molar-refractivity contribution in [2.45, 2.75) is 24.8 Å². The van der Waals surface area contributed by atoms with E-state index in [2.05, 4.69) is 34.8 Å². The Labute approximate surface area is 145 Å². The molecule has 7 heteroatoms. The van der Waals surface area contributed by atoms with Crippen LogP contribution in [-0.4, -0.2) is 31.7 Å². The number of anilines is 1. The van der Waals surface area contributed by atoms with E-state index in [-0.39, 0.29) is 6.04 Å². The molecule has 0 saturated heterocycles. The van der Waals surface area contributed by atoms with Crippen molar-refractivity contribution in [2.75, 3.05) is 18.2 Å². The summed E-state index contributed by atoms with van der Waals surface area (Å²) in [6, 6.07) is 9.17. The summed E-state index contributed by atoms with van der Waals surface area (Å²) in [5.74, 6) is 0.879. The van der Waals surface area contributed by atoms with Crippen molar-refractivity contribution >= 4 is 37.2 Å². The molecule has 0 N–H and O–H groups in total. The molecule has 0 saturated carbocycles. The van der Waals surface area contributed by atoms with Gasteiger partial charge in [0.1, 0.15) is 17.0 Å². The number of hydrogen-bond donors (Lipinski definition) is 0. The zero-order chi connectivity index (χ0) is 17.5. The topological polar surface area (TPSA) is 63.2 Å². The molecule has 0 amide bonds. The highest BCUT2D eigenvalue weighted by molar-refractivity contribution is 7.90. The van der Waals surface area contributed by atoms with E-state index in [1.807, 2.05) is 19.2 Å². The fraction of sp³-hybridized carbons (Fsp3) is 0.294. The van der Waals surface area contributed by atoms with Crippen LogP contribution in [0.2, 0.25) is 0 Å². The number of fused-ring (bicyclic) bond motifs is 1.